The molecule has 3 amide bonds. The van der Waals surface area contributed by atoms with E-state index in [9.17, 15) is 24.1 Å². The molecular weight excluding hydrogens is 347 g/mol. The molecule has 1 aromatic heterocycles. The van der Waals surface area contributed by atoms with Crippen LogP contribution in [0.2, 0.25) is 0 Å². The van der Waals surface area contributed by atoms with Gasteiger partial charge in [-0.15, -0.1) is 0 Å². The van der Waals surface area contributed by atoms with Gasteiger partial charge in [0.25, 0.3) is 0 Å². The number of aromatic nitrogens is 2. The number of hydrogen-bond donors (Lipinski definition) is 3. The van der Waals surface area contributed by atoms with Gasteiger partial charge >= 0.3 is 11.7 Å². The third-order valence-electron chi connectivity index (χ3n) is 3.51. The highest BCUT2D eigenvalue weighted by Crippen LogP contribution is 2.21. The van der Waals surface area contributed by atoms with Crippen molar-refractivity contribution in [2.45, 2.75) is 26.8 Å². The molecule has 0 aliphatic rings. The molecule has 0 saturated heterocycles. The number of para-hydroxylation sites is 1. The Hall–Kier alpha value is -3.50. The van der Waals surface area contributed by atoms with Crippen LogP contribution >= 0.6 is 0 Å². The number of urea groups is 1. The maximum absolute atomic E-state index is 13.4. The second kappa shape index (κ2) is 8.05. The predicted octanol–water partition coefficient (Wildman–Crippen LogP) is 1.79. The zero-order valence-corrected chi connectivity index (χ0v) is 14.1. The first-order valence-corrected chi connectivity index (χ1v) is 7.58. The maximum Gasteiger partial charge on any atom is 0.338 e. The topological polar surface area (TPSA) is 131 Å². The summed E-state index contributed by atoms with van der Waals surface area (Å²) in [5, 5.41) is 17.2. The number of carbonyl (C=O) groups is 2. The quantitative estimate of drug-likeness (QED) is 0.550. The number of rotatable bonds is 5. The lowest BCUT2D eigenvalue weighted by atomic mass is 10.3. The fourth-order valence-electron chi connectivity index (χ4n) is 2.28. The van der Waals surface area contributed by atoms with Gasteiger partial charge in [-0.25, -0.2) is 14.6 Å². The molecule has 0 atom stereocenters. The largest absolute Gasteiger partial charge is 0.338 e. The van der Waals surface area contributed by atoms with Crippen molar-refractivity contribution < 1.29 is 18.9 Å². The summed E-state index contributed by atoms with van der Waals surface area (Å²) >= 11 is 0. The van der Waals surface area contributed by atoms with Crippen molar-refractivity contribution in [3.05, 3.63) is 51.6 Å². The number of benzene rings is 1. The predicted molar refractivity (Wildman–Crippen MR) is 89.7 cm³/mol. The van der Waals surface area contributed by atoms with E-state index < -0.39 is 22.7 Å². The Labute approximate surface area is 147 Å². The van der Waals surface area contributed by atoms with Crippen LogP contribution in [0.5, 0.6) is 0 Å². The maximum atomic E-state index is 13.4. The van der Waals surface area contributed by atoms with Crippen LogP contribution in [-0.2, 0) is 11.3 Å². The van der Waals surface area contributed by atoms with Gasteiger partial charge in [-0.2, -0.15) is 5.10 Å². The van der Waals surface area contributed by atoms with E-state index in [0.717, 1.165) is 0 Å². The minimum absolute atomic E-state index is 0.0331. The summed E-state index contributed by atoms with van der Waals surface area (Å²) in [6.45, 7) is 3.15. The standard InChI is InChI=1S/C15H17FN6O4/c1-9-14(22(25)26)10(2)21(20-9)8-7-13(23)18-19-15(24)17-12-6-4-3-5-11(12)16/h3-6H,7-8H2,1-2H3,(H,18,23)(H2,17,19,24). The molecule has 3 N–H and O–H groups in total. The molecule has 11 heteroatoms. The number of hydrazine groups is 1. The van der Waals surface area contributed by atoms with E-state index >= 15 is 0 Å². The van der Waals surface area contributed by atoms with Gasteiger partial charge in [0.05, 0.1) is 17.2 Å². The molecule has 10 nitrogen and oxygen atoms in total. The van der Waals surface area contributed by atoms with Gasteiger partial charge < -0.3 is 5.32 Å². The monoisotopic (exact) mass is 364 g/mol. The second-order valence-corrected chi connectivity index (χ2v) is 5.36. The SMILES string of the molecule is Cc1nn(CCC(=O)NNC(=O)Nc2ccccc2F)c(C)c1[N+](=O)[O-]. The molecular formula is C15H17FN6O4. The summed E-state index contributed by atoms with van der Waals surface area (Å²) in [5.41, 5.74) is 4.72. The molecule has 1 aromatic carbocycles. The molecule has 0 saturated carbocycles. The molecule has 2 aromatic rings. The summed E-state index contributed by atoms with van der Waals surface area (Å²) in [7, 11) is 0. The van der Waals surface area contributed by atoms with Crippen LogP contribution < -0.4 is 16.2 Å². The first-order valence-electron chi connectivity index (χ1n) is 7.58. The first-order chi connectivity index (χ1) is 12.3. The molecule has 0 radical (unpaired) electrons. The van der Waals surface area contributed by atoms with Gasteiger partial charge in [-0.1, -0.05) is 12.1 Å². The van der Waals surface area contributed by atoms with Crippen molar-refractivity contribution in [2.24, 2.45) is 0 Å². The Morgan fingerprint density at radius 3 is 2.58 bits per heavy atom. The van der Waals surface area contributed by atoms with Crippen LogP contribution in [0.4, 0.5) is 20.6 Å². The number of amides is 3. The third-order valence-corrected chi connectivity index (χ3v) is 3.51. The highest BCUT2D eigenvalue weighted by molar-refractivity contribution is 5.90. The van der Waals surface area contributed by atoms with Gasteiger partial charge in [0.2, 0.25) is 5.91 Å². The molecule has 0 unspecified atom stereocenters. The van der Waals surface area contributed by atoms with Crippen molar-refractivity contribution in [3.8, 4) is 0 Å². The molecule has 0 aliphatic carbocycles. The summed E-state index contributed by atoms with van der Waals surface area (Å²) in [4.78, 5) is 33.8. The van der Waals surface area contributed by atoms with Crippen molar-refractivity contribution >= 4 is 23.3 Å². The molecule has 2 rings (SSSR count). The highest BCUT2D eigenvalue weighted by atomic mass is 19.1. The Kier molecular flexibility index (Phi) is 5.83. The van der Waals surface area contributed by atoms with Crippen molar-refractivity contribution in [1.82, 2.24) is 20.6 Å². The van der Waals surface area contributed by atoms with E-state index in [2.05, 4.69) is 21.3 Å². The zero-order valence-electron chi connectivity index (χ0n) is 14.1. The molecule has 0 bridgehead atoms. The second-order valence-electron chi connectivity index (χ2n) is 5.36. The minimum Gasteiger partial charge on any atom is -0.304 e. The van der Waals surface area contributed by atoms with Crippen LogP contribution in [0, 0.1) is 29.8 Å². The molecule has 1 heterocycles. The van der Waals surface area contributed by atoms with Gasteiger partial charge in [-0.3, -0.25) is 25.0 Å². The van der Waals surface area contributed by atoms with Gasteiger partial charge in [0, 0.05) is 6.42 Å². The molecule has 26 heavy (non-hydrogen) atoms. The number of hydrogen-bond acceptors (Lipinski definition) is 5. The van der Waals surface area contributed by atoms with Crippen molar-refractivity contribution in [2.75, 3.05) is 5.32 Å². The van der Waals surface area contributed by atoms with Crippen molar-refractivity contribution in [1.29, 1.82) is 0 Å². The third kappa shape index (κ3) is 4.53. The van der Waals surface area contributed by atoms with Crippen LogP contribution in [0.3, 0.4) is 0 Å². The number of carbonyl (C=O) groups excluding carboxylic acids is 2. The summed E-state index contributed by atoms with van der Waals surface area (Å²) in [6.07, 6.45) is -0.0703. The van der Waals surface area contributed by atoms with E-state index in [0.29, 0.717) is 5.69 Å². The smallest absolute Gasteiger partial charge is 0.304 e. The number of nitrogens with zero attached hydrogens (tertiary/aromatic N) is 3. The zero-order chi connectivity index (χ0) is 19.3. The van der Waals surface area contributed by atoms with Crippen LogP contribution in [0.1, 0.15) is 17.8 Å². The van der Waals surface area contributed by atoms with E-state index in [1.54, 1.807) is 6.07 Å². The average molecular weight is 364 g/mol. The van der Waals surface area contributed by atoms with E-state index in [1.807, 2.05) is 0 Å². The molecule has 138 valence electrons. The Balaban J connectivity index is 1.82. The Bertz CT molecular complexity index is 851. The van der Waals surface area contributed by atoms with Crippen molar-refractivity contribution in [3.63, 3.8) is 0 Å². The number of anilines is 1. The molecule has 0 aliphatic heterocycles. The lowest BCUT2D eigenvalue weighted by Crippen LogP contribution is -2.44. The number of aryl methyl sites for hydroxylation is 2. The molecule has 0 spiro atoms. The van der Waals surface area contributed by atoms with Gasteiger partial charge in [0.1, 0.15) is 17.2 Å². The van der Waals surface area contributed by atoms with E-state index in [1.165, 1.54) is 36.7 Å². The van der Waals surface area contributed by atoms with Gasteiger partial charge in [0.15, 0.2) is 0 Å². The average Bonchev–Trinajstić information content (AvgIpc) is 2.87. The van der Waals surface area contributed by atoms with Crippen LogP contribution in [0.25, 0.3) is 0 Å². The number of halogens is 1. The number of nitrogens with one attached hydrogen (secondary N) is 3. The fourth-order valence-corrected chi connectivity index (χ4v) is 2.28. The fraction of sp³-hybridized carbons (Fsp3) is 0.267. The highest BCUT2D eigenvalue weighted by Gasteiger charge is 2.21. The van der Waals surface area contributed by atoms with Crippen LogP contribution in [-0.4, -0.2) is 26.6 Å². The summed E-state index contributed by atoms with van der Waals surface area (Å²) in [5.74, 6) is -1.15. The van der Waals surface area contributed by atoms with E-state index in [-0.39, 0.29) is 30.0 Å². The van der Waals surface area contributed by atoms with E-state index in [4.69, 9.17) is 0 Å². The normalized spacial score (nSPS) is 10.3. The summed E-state index contributed by atoms with van der Waals surface area (Å²) < 4.78 is 14.8. The number of nitro groups is 1. The van der Waals surface area contributed by atoms with Gasteiger partial charge in [-0.05, 0) is 26.0 Å². The Morgan fingerprint density at radius 2 is 1.96 bits per heavy atom. The first kappa shape index (κ1) is 18.8. The Morgan fingerprint density at radius 1 is 1.27 bits per heavy atom. The van der Waals surface area contributed by atoms with Crippen LogP contribution in [0.15, 0.2) is 24.3 Å². The minimum atomic E-state index is -0.815. The summed E-state index contributed by atoms with van der Waals surface area (Å²) in [6, 6.07) is 4.76. The lowest BCUT2D eigenvalue weighted by molar-refractivity contribution is -0.386. The lowest BCUT2D eigenvalue weighted by Gasteiger charge is -2.09. The molecule has 0 fully saturated rings.